The molecule has 2 amide bonds. The fourth-order valence-electron chi connectivity index (χ4n) is 5.82. The lowest BCUT2D eigenvalue weighted by Crippen LogP contribution is -2.61. The van der Waals surface area contributed by atoms with E-state index in [1.54, 1.807) is 47.6 Å². The number of anilines is 1. The van der Waals surface area contributed by atoms with Gasteiger partial charge in [0.15, 0.2) is 28.1 Å². The number of pyridine rings is 1. The van der Waals surface area contributed by atoms with Crippen molar-refractivity contribution in [2.24, 2.45) is 11.1 Å². The highest BCUT2D eigenvalue weighted by Gasteiger charge is 2.43. The van der Waals surface area contributed by atoms with Gasteiger partial charge in [0.25, 0.3) is 0 Å². The van der Waals surface area contributed by atoms with Crippen LogP contribution in [0.15, 0.2) is 94.1 Å². The molecule has 1 saturated heterocycles. The Bertz CT molecular complexity index is 2530. The minimum absolute atomic E-state index is 0.00593. The minimum atomic E-state index is -1.65. The molecule has 0 bridgehead atoms. The molecular weight excluding hydrogens is 861 g/mol. The normalized spacial score (nSPS) is 15.2. The molecule has 65 heavy (non-hydrogen) atoms. The van der Waals surface area contributed by atoms with E-state index in [-0.39, 0.29) is 47.8 Å². The van der Waals surface area contributed by atoms with Gasteiger partial charge in [-0.05, 0) is 66.5 Å². The number of esters is 2. The molecule has 0 saturated carbocycles. The lowest BCUT2D eigenvalue weighted by atomic mass is 9.85. The molecule has 0 radical (unpaired) electrons. The van der Waals surface area contributed by atoms with Crippen molar-refractivity contribution in [3.8, 4) is 22.9 Å². The average molecular weight is 911 g/mol. The second-order valence-corrected chi connectivity index (χ2v) is 18.2. The number of carbonyl (C=O) groups is 5. The molecule has 0 aliphatic carbocycles. The molecule has 5 aromatic rings. The Balaban J connectivity index is 1.12. The van der Waals surface area contributed by atoms with Crippen LogP contribution in [0.25, 0.3) is 11.4 Å². The summed E-state index contributed by atoms with van der Waals surface area (Å²) >= 11 is 0.980. The summed E-state index contributed by atoms with van der Waals surface area (Å²) in [7, 11) is 0. The van der Waals surface area contributed by atoms with E-state index in [0.717, 1.165) is 22.5 Å². The van der Waals surface area contributed by atoms with Crippen LogP contribution in [-0.2, 0) is 46.6 Å². The number of ether oxygens (including phenoxy) is 5. The van der Waals surface area contributed by atoms with Crippen LogP contribution >= 0.6 is 11.3 Å². The van der Waals surface area contributed by atoms with Crippen molar-refractivity contribution in [3.05, 3.63) is 107 Å². The number of rotatable bonds is 18. The van der Waals surface area contributed by atoms with Crippen LogP contribution in [0, 0.1) is 5.92 Å². The van der Waals surface area contributed by atoms with E-state index < -0.39 is 64.9 Å². The predicted molar refractivity (Wildman–Crippen MR) is 236 cm³/mol. The molecule has 3 aromatic heterocycles. The number of Topliss-reactive ketones (excluding diaryl/α,β-unsaturated/α-hetero) is 1. The number of thiazole rings is 1. The lowest BCUT2D eigenvalue weighted by molar-refractivity contribution is -0.179. The smallest absolute Gasteiger partial charge is 0.413 e. The first kappa shape index (κ1) is 47.3. The fourth-order valence-corrected chi connectivity index (χ4v) is 6.50. The molecule has 0 unspecified atom stereocenters. The summed E-state index contributed by atoms with van der Waals surface area (Å²) < 4.78 is 33.8. The Hall–Kier alpha value is -7.15. The summed E-state index contributed by atoms with van der Waals surface area (Å²) in [4.78, 5) is 79.7. The highest BCUT2D eigenvalue weighted by Crippen LogP contribution is 2.33. The third-order valence-corrected chi connectivity index (χ3v) is 9.86. The first-order chi connectivity index (χ1) is 30.7. The monoisotopic (exact) mass is 910 g/mol. The molecule has 18 nitrogen and oxygen atoms in total. The van der Waals surface area contributed by atoms with Gasteiger partial charge in [0.1, 0.15) is 42.4 Å². The molecule has 1 aliphatic rings. The van der Waals surface area contributed by atoms with Gasteiger partial charge in [-0.3, -0.25) is 19.9 Å². The van der Waals surface area contributed by atoms with Crippen LogP contribution in [0.3, 0.4) is 0 Å². The van der Waals surface area contributed by atoms with Gasteiger partial charge in [-0.1, -0.05) is 71.0 Å². The van der Waals surface area contributed by atoms with Crippen LogP contribution in [0.1, 0.15) is 89.2 Å². The molecule has 19 heteroatoms. The molecule has 2 N–H and O–H groups in total. The van der Waals surface area contributed by atoms with Crippen LogP contribution in [0.4, 0.5) is 9.93 Å². The molecular formula is C46H50N6O12S. The van der Waals surface area contributed by atoms with Gasteiger partial charge in [-0.25, -0.2) is 19.4 Å². The first-order valence-corrected chi connectivity index (χ1v) is 21.4. The summed E-state index contributed by atoms with van der Waals surface area (Å²) in [5.74, 6) is -3.21. The SMILES string of the molecule is CC(C)(C)OC(=O)Nc1nc(/C(=N/OC(C)(C)C(=O)OC(C)(C)C)C(=O)C[C@@H]2C(=O)N[C@@H]2COC(=O)c2cc(-c3cc(OCc4ccccc4)c(OCc4ccccc4)cn3)no2)cs1. The maximum Gasteiger partial charge on any atom is 0.413 e. The van der Waals surface area contributed by atoms with Gasteiger partial charge in [-0.15, -0.1) is 11.3 Å². The van der Waals surface area contributed by atoms with E-state index in [1.165, 1.54) is 31.5 Å². The van der Waals surface area contributed by atoms with Crippen LogP contribution in [0.2, 0.25) is 0 Å². The standard InChI is InChI=1S/C46H50N6O12S/c1-44(2,3)61-41(56)46(7,8)64-52-38(33-26-65-42(49-33)50-43(57)62-45(4,5)6)34(53)19-29-32(48-39(29)54)25-60-40(55)36-21-31(51-63-36)30-20-35(58-23-27-15-11-9-12-16-27)37(22-47-30)59-24-28-17-13-10-14-18-28/h9-18,20-22,26,29,32H,19,23-25H2,1-8H3,(H,48,54)(H,49,50,57)/b52-38-/t29-,32+/m0/s1. The molecule has 1 aliphatic heterocycles. The quantitative estimate of drug-likeness (QED) is 0.0286. The van der Waals surface area contributed by atoms with E-state index in [1.807, 2.05) is 60.7 Å². The zero-order valence-electron chi connectivity index (χ0n) is 37.2. The fraction of sp³-hybridized carbons (Fsp3) is 0.370. The van der Waals surface area contributed by atoms with E-state index in [9.17, 15) is 24.0 Å². The number of nitrogens with zero attached hydrogens (tertiary/aromatic N) is 4. The van der Waals surface area contributed by atoms with Gasteiger partial charge < -0.3 is 38.4 Å². The van der Waals surface area contributed by atoms with E-state index in [0.29, 0.717) is 17.2 Å². The third kappa shape index (κ3) is 13.4. The predicted octanol–water partition coefficient (Wildman–Crippen LogP) is 7.47. The number of carbonyl (C=O) groups excluding carboxylic acids is 5. The van der Waals surface area contributed by atoms with Crippen molar-refractivity contribution in [2.75, 3.05) is 11.9 Å². The number of oxime groups is 1. The van der Waals surface area contributed by atoms with Crippen molar-refractivity contribution in [2.45, 2.75) is 97.9 Å². The maximum atomic E-state index is 13.9. The minimum Gasteiger partial charge on any atom is -0.485 e. The third-order valence-electron chi connectivity index (χ3n) is 9.10. The van der Waals surface area contributed by atoms with Crippen LogP contribution in [0.5, 0.6) is 11.5 Å². The Labute approximate surface area is 379 Å². The maximum absolute atomic E-state index is 13.9. The molecule has 1 fully saturated rings. The Morgan fingerprint density at radius 1 is 0.831 bits per heavy atom. The number of hydrogen-bond donors (Lipinski definition) is 2. The second-order valence-electron chi connectivity index (χ2n) is 17.3. The average Bonchev–Trinajstić information content (AvgIpc) is 3.93. The Morgan fingerprint density at radius 3 is 2.08 bits per heavy atom. The number of amides is 2. The van der Waals surface area contributed by atoms with Crippen molar-refractivity contribution in [1.82, 2.24) is 20.4 Å². The molecule has 342 valence electrons. The van der Waals surface area contributed by atoms with Crippen molar-refractivity contribution < 1.29 is 57.0 Å². The van der Waals surface area contributed by atoms with Crippen molar-refractivity contribution >= 4 is 51.9 Å². The van der Waals surface area contributed by atoms with Crippen molar-refractivity contribution in [1.29, 1.82) is 0 Å². The lowest BCUT2D eigenvalue weighted by Gasteiger charge is -2.35. The number of aromatic nitrogens is 3. The number of benzene rings is 2. The number of ketones is 1. The molecule has 6 rings (SSSR count). The highest BCUT2D eigenvalue weighted by atomic mass is 32.1. The zero-order chi connectivity index (χ0) is 46.9. The highest BCUT2D eigenvalue weighted by molar-refractivity contribution is 7.14. The molecule has 4 heterocycles. The zero-order valence-corrected chi connectivity index (χ0v) is 38.0. The van der Waals surface area contributed by atoms with Gasteiger partial charge >= 0.3 is 18.0 Å². The van der Waals surface area contributed by atoms with E-state index >= 15 is 0 Å². The molecule has 2 atom stereocenters. The largest absolute Gasteiger partial charge is 0.485 e. The summed E-state index contributed by atoms with van der Waals surface area (Å²) in [6.45, 7) is 13.2. The molecule has 0 spiro atoms. The number of β-lactam (4-membered cyclic amide) rings is 1. The summed E-state index contributed by atoms with van der Waals surface area (Å²) in [5, 5.41) is 14.7. The summed E-state index contributed by atoms with van der Waals surface area (Å²) in [5.41, 5.74) is -1.18. The van der Waals surface area contributed by atoms with Gasteiger partial charge in [0.2, 0.25) is 17.3 Å². The second kappa shape index (κ2) is 20.1. The Morgan fingerprint density at radius 2 is 1.46 bits per heavy atom. The van der Waals surface area contributed by atoms with Gasteiger partial charge in [0.05, 0.1) is 23.9 Å². The first-order valence-electron chi connectivity index (χ1n) is 20.5. The summed E-state index contributed by atoms with van der Waals surface area (Å²) in [6, 6.07) is 21.4. The van der Waals surface area contributed by atoms with Gasteiger partial charge in [-0.2, -0.15) is 0 Å². The number of hydrogen-bond acceptors (Lipinski definition) is 17. The van der Waals surface area contributed by atoms with Gasteiger partial charge in [0, 0.05) is 23.9 Å². The Kier molecular flexibility index (Phi) is 14.7. The van der Waals surface area contributed by atoms with Crippen LogP contribution in [-0.4, -0.2) is 80.0 Å². The summed E-state index contributed by atoms with van der Waals surface area (Å²) in [6.07, 6.45) is 0.321. The van der Waals surface area contributed by atoms with E-state index in [2.05, 4.69) is 30.9 Å². The van der Waals surface area contributed by atoms with E-state index in [4.69, 9.17) is 33.0 Å². The van der Waals surface area contributed by atoms with Crippen LogP contribution < -0.4 is 20.1 Å². The van der Waals surface area contributed by atoms with Crippen molar-refractivity contribution in [3.63, 3.8) is 0 Å². The number of nitrogens with one attached hydrogen (secondary N) is 2. The topological polar surface area (TPSA) is 229 Å². The molecule has 2 aromatic carbocycles.